The third-order valence-electron chi connectivity index (χ3n) is 8.13. The third kappa shape index (κ3) is 3.64. The first kappa shape index (κ1) is 25.1. The number of rotatable bonds is 5. The molecule has 0 aromatic heterocycles. The minimum Gasteiger partial charge on any atom is -0.394 e. The maximum atomic E-state index is 14.3. The van der Waals surface area contributed by atoms with Gasteiger partial charge in [0.1, 0.15) is 6.04 Å². The van der Waals surface area contributed by atoms with Crippen LogP contribution in [0, 0.1) is 17.8 Å². The topological polar surface area (TPSA) is 81.2 Å². The van der Waals surface area contributed by atoms with Crippen molar-refractivity contribution in [1.29, 1.82) is 0 Å². The highest BCUT2D eigenvalue weighted by molar-refractivity contribution is 8.02. The first-order valence-electron chi connectivity index (χ1n) is 12.8. The summed E-state index contributed by atoms with van der Waals surface area (Å²) >= 11 is 1.58. The molecule has 1 N–H and O–H groups in total. The average molecular weight is 510 g/mol. The van der Waals surface area contributed by atoms with Crippen LogP contribution in [0.3, 0.4) is 0 Å². The molecule has 1 unspecified atom stereocenters. The van der Waals surface area contributed by atoms with E-state index in [1.807, 2.05) is 82.3 Å². The molecule has 6 atom stereocenters. The number of aliphatic hydroxyl groups is 1. The van der Waals surface area contributed by atoms with Crippen molar-refractivity contribution < 1.29 is 19.5 Å². The summed E-state index contributed by atoms with van der Waals surface area (Å²) in [5, 5.41) is 10.1. The predicted octanol–water partition coefficient (Wildman–Crippen LogP) is 2.71. The van der Waals surface area contributed by atoms with E-state index in [-0.39, 0.29) is 41.5 Å². The van der Waals surface area contributed by atoms with Gasteiger partial charge in [-0.15, -0.1) is 11.8 Å². The number of hydrogen-bond donors (Lipinski definition) is 1. The van der Waals surface area contributed by atoms with Gasteiger partial charge in [0, 0.05) is 30.1 Å². The Bertz CT molecular complexity index is 1100. The highest BCUT2D eigenvalue weighted by Gasteiger charge is 2.72. The maximum absolute atomic E-state index is 14.3. The number of nitrogens with zero attached hydrogens (tertiary/aromatic N) is 3. The van der Waals surface area contributed by atoms with E-state index in [1.54, 1.807) is 26.5 Å². The number of thioether (sulfide) groups is 1. The number of aliphatic hydroxyl groups excluding tert-OH is 1. The molecular weight excluding hydrogens is 474 g/mol. The van der Waals surface area contributed by atoms with Crippen LogP contribution in [-0.2, 0) is 14.4 Å². The van der Waals surface area contributed by atoms with Crippen LogP contribution in [0.1, 0.15) is 27.7 Å². The van der Waals surface area contributed by atoms with Crippen molar-refractivity contribution in [1.82, 2.24) is 9.80 Å². The predicted molar refractivity (Wildman–Crippen MR) is 141 cm³/mol. The lowest BCUT2D eigenvalue weighted by Crippen LogP contribution is -2.58. The minimum atomic E-state index is -0.866. The van der Waals surface area contributed by atoms with Crippen LogP contribution in [0.15, 0.2) is 54.6 Å². The number of hydrogen-bond acceptors (Lipinski definition) is 5. The molecule has 1 spiro atoms. The second-order valence-electron chi connectivity index (χ2n) is 10.8. The van der Waals surface area contributed by atoms with Gasteiger partial charge in [-0.1, -0.05) is 56.4 Å². The molecule has 192 valence electrons. The highest BCUT2D eigenvalue weighted by Crippen LogP contribution is 2.61. The second kappa shape index (κ2) is 9.38. The molecule has 0 saturated carbocycles. The summed E-state index contributed by atoms with van der Waals surface area (Å²) in [6, 6.07) is 8.23. The number of anilines is 1. The van der Waals surface area contributed by atoms with Gasteiger partial charge in [0.15, 0.2) is 0 Å². The first-order valence-corrected chi connectivity index (χ1v) is 13.7. The molecule has 36 heavy (non-hydrogen) atoms. The zero-order valence-corrected chi connectivity index (χ0v) is 22.1. The van der Waals surface area contributed by atoms with Gasteiger partial charge in [-0.25, -0.2) is 0 Å². The molecule has 4 aliphatic heterocycles. The summed E-state index contributed by atoms with van der Waals surface area (Å²) in [6.07, 6.45) is 8.08. The van der Waals surface area contributed by atoms with Gasteiger partial charge in [0.05, 0.1) is 29.2 Å². The fourth-order valence-corrected chi connectivity index (χ4v) is 8.37. The largest absolute Gasteiger partial charge is 0.394 e. The summed E-state index contributed by atoms with van der Waals surface area (Å²) in [4.78, 5) is 47.8. The summed E-state index contributed by atoms with van der Waals surface area (Å²) in [5.41, 5.74) is 0.798. The normalized spacial score (nSPS) is 32.6. The van der Waals surface area contributed by atoms with E-state index in [4.69, 9.17) is 0 Å². The molecule has 0 bridgehead atoms. The number of benzene rings is 1. The SMILES string of the molecule is CC(C)[C@H](CO)N1C(=O)[C@@H]2[C@@H]3C(=O)N(c4ccccc4)CC=C[C@@H]3S[C@@]23C=CCN(C(C)C)C(=O)C13. The second-order valence-corrected chi connectivity index (χ2v) is 12.3. The number of likely N-dealkylation sites (tertiary alicyclic amines) is 1. The van der Waals surface area contributed by atoms with E-state index < -0.39 is 28.7 Å². The van der Waals surface area contributed by atoms with Crippen LogP contribution >= 0.6 is 11.8 Å². The van der Waals surface area contributed by atoms with Crippen LogP contribution in [0.2, 0.25) is 0 Å². The summed E-state index contributed by atoms with van der Waals surface area (Å²) in [6.45, 7) is 8.54. The number of carbonyl (C=O) groups excluding carboxylic acids is 3. The highest BCUT2D eigenvalue weighted by atomic mass is 32.2. The quantitative estimate of drug-likeness (QED) is 0.618. The fourth-order valence-electron chi connectivity index (χ4n) is 6.38. The van der Waals surface area contributed by atoms with Gasteiger partial charge in [-0.2, -0.15) is 0 Å². The molecule has 4 aliphatic rings. The fraction of sp³-hybridized carbons (Fsp3) is 0.536. The van der Waals surface area contributed by atoms with Crippen molar-refractivity contribution in [2.24, 2.45) is 17.8 Å². The molecule has 0 aliphatic carbocycles. The van der Waals surface area contributed by atoms with Crippen molar-refractivity contribution >= 4 is 35.2 Å². The van der Waals surface area contributed by atoms with E-state index in [2.05, 4.69) is 0 Å². The van der Waals surface area contributed by atoms with Crippen molar-refractivity contribution in [3.05, 3.63) is 54.6 Å². The van der Waals surface area contributed by atoms with Gasteiger partial charge in [0.2, 0.25) is 17.7 Å². The molecule has 2 saturated heterocycles. The van der Waals surface area contributed by atoms with E-state index in [0.29, 0.717) is 13.1 Å². The lowest BCUT2D eigenvalue weighted by Gasteiger charge is -2.40. The van der Waals surface area contributed by atoms with Gasteiger partial charge >= 0.3 is 0 Å². The van der Waals surface area contributed by atoms with Gasteiger partial charge in [0.25, 0.3) is 0 Å². The third-order valence-corrected chi connectivity index (χ3v) is 9.88. The molecule has 0 radical (unpaired) electrons. The number of fused-ring (bicyclic) bond motifs is 2. The van der Waals surface area contributed by atoms with Crippen LogP contribution in [0.5, 0.6) is 0 Å². The maximum Gasteiger partial charge on any atom is 0.247 e. The zero-order valence-electron chi connectivity index (χ0n) is 21.3. The smallest absolute Gasteiger partial charge is 0.247 e. The Kier molecular flexibility index (Phi) is 6.53. The summed E-state index contributed by atoms with van der Waals surface area (Å²) in [7, 11) is 0. The first-order chi connectivity index (χ1) is 17.2. The van der Waals surface area contributed by atoms with Crippen LogP contribution < -0.4 is 4.90 Å². The molecule has 2 fully saturated rings. The Morgan fingerprint density at radius 2 is 1.72 bits per heavy atom. The van der Waals surface area contributed by atoms with Crippen molar-refractivity contribution in [3.8, 4) is 0 Å². The molecule has 8 heteroatoms. The molecule has 3 amide bonds. The van der Waals surface area contributed by atoms with Crippen LogP contribution in [-0.4, -0.2) is 80.4 Å². The van der Waals surface area contributed by atoms with Crippen LogP contribution in [0.25, 0.3) is 0 Å². The lowest BCUT2D eigenvalue weighted by atomic mass is 9.78. The zero-order chi connectivity index (χ0) is 25.8. The molecular formula is C28H35N3O4S. The Morgan fingerprint density at radius 1 is 1.00 bits per heavy atom. The number of para-hydroxylation sites is 1. The van der Waals surface area contributed by atoms with E-state index >= 15 is 0 Å². The number of carbonyl (C=O) groups is 3. The molecule has 5 rings (SSSR count). The van der Waals surface area contributed by atoms with E-state index in [0.717, 1.165) is 5.69 Å². The van der Waals surface area contributed by atoms with Gasteiger partial charge in [-0.05, 0) is 31.9 Å². The van der Waals surface area contributed by atoms with E-state index in [9.17, 15) is 19.5 Å². The van der Waals surface area contributed by atoms with Crippen molar-refractivity contribution in [2.75, 3.05) is 24.6 Å². The monoisotopic (exact) mass is 509 g/mol. The molecule has 1 aromatic rings. The Hall–Kier alpha value is -2.58. The Balaban J connectivity index is 1.65. The van der Waals surface area contributed by atoms with Crippen molar-refractivity contribution in [2.45, 2.75) is 55.8 Å². The van der Waals surface area contributed by atoms with Gasteiger partial charge in [-0.3, -0.25) is 14.4 Å². The summed E-state index contributed by atoms with van der Waals surface area (Å²) < 4.78 is -0.866. The molecule has 7 nitrogen and oxygen atoms in total. The van der Waals surface area contributed by atoms with Crippen molar-refractivity contribution in [3.63, 3.8) is 0 Å². The van der Waals surface area contributed by atoms with Crippen LogP contribution in [0.4, 0.5) is 5.69 Å². The standard InChI is InChI=1S/C28H35N3O4S/c1-17(2)20(16-32)31-24-27(35)29(18(3)4)15-9-13-28(24)23(26(31)34)22-21(36-28)12-8-14-30(25(22)33)19-10-6-5-7-11-19/h5-13,17-18,20-24,32H,14-16H2,1-4H3/t20-,21-,22+,23-,24?,28-/m0/s1. The molecule has 1 aromatic carbocycles. The molecule has 4 heterocycles. The Labute approximate surface area is 217 Å². The lowest BCUT2D eigenvalue weighted by molar-refractivity contribution is -0.147. The minimum absolute atomic E-state index is 0.0353. The number of amides is 3. The van der Waals surface area contributed by atoms with E-state index in [1.165, 1.54) is 0 Å². The average Bonchev–Trinajstić information content (AvgIpc) is 3.15. The Morgan fingerprint density at radius 3 is 2.36 bits per heavy atom. The summed E-state index contributed by atoms with van der Waals surface area (Å²) in [5.74, 6) is -1.72. The van der Waals surface area contributed by atoms with Gasteiger partial charge < -0.3 is 19.8 Å².